The summed E-state index contributed by atoms with van der Waals surface area (Å²) in [6, 6.07) is 9.74. The van der Waals surface area contributed by atoms with Gasteiger partial charge >= 0.3 is 0 Å². The molecule has 1 aromatic carbocycles. The molecule has 112 valence electrons. The number of rotatable bonds is 3. The number of halogens is 1. The lowest BCUT2D eigenvalue weighted by molar-refractivity contribution is 0.626. The molecule has 22 heavy (non-hydrogen) atoms. The molecule has 1 N–H and O–H groups in total. The highest BCUT2D eigenvalue weighted by Gasteiger charge is 2.11. The second-order valence-electron chi connectivity index (χ2n) is 5.03. The first-order valence-electron chi connectivity index (χ1n) is 6.89. The van der Waals surface area contributed by atoms with Gasteiger partial charge in [0.2, 0.25) is 5.95 Å². The summed E-state index contributed by atoms with van der Waals surface area (Å²) >= 11 is 0. The van der Waals surface area contributed by atoms with E-state index in [0.29, 0.717) is 23.5 Å². The van der Waals surface area contributed by atoms with Crippen LogP contribution in [-0.2, 0) is 6.54 Å². The quantitative estimate of drug-likeness (QED) is 0.806. The fraction of sp³-hybridized carbons (Fsp3) is 0.188. The minimum Gasteiger partial charge on any atom is -0.359 e. The Morgan fingerprint density at radius 1 is 1.14 bits per heavy atom. The van der Waals surface area contributed by atoms with Crippen molar-refractivity contribution in [3.63, 3.8) is 0 Å². The molecule has 0 aliphatic carbocycles. The third kappa shape index (κ3) is 2.55. The number of fused-ring (bicyclic) bond motifs is 1. The number of hydrogen-bond donors (Lipinski definition) is 1. The van der Waals surface area contributed by atoms with E-state index in [-0.39, 0.29) is 11.4 Å². The smallest absolute Gasteiger partial charge is 0.283 e. The molecule has 0 saturated carbocycles. The Labute approximate surface area is 126 Å². The van der Waals surface area contributed by atoms with Gasteiger partial charge in [0.1, 0.15) is 11.5 Å². The molecule has 0 saturated heterocycles. The van der Waals surface area contributed by atoms with Crippen molar-refractivity contribution in [3.05, 3.63) is 63.8 Å². The second kappa shape index (κ2) is 5.55. The molecule has 2 aromatic heterocycles. The number of pyridine rings is 1. The molecule has 5 nitrogen and oxygen atoms in total. The van der Waals surface area contributed by atoms with Gasteiger partial charge in [0, 0.05) is 12.7 Å². The Bertz CT molecular complexity index is 887. The first-order valence-corrected chi connectivity index (χ1v) is 6.89. The van der Waals surface area contributed by atoms with Crippen molar-refractivity contribution >= 4 is 17.0 Å². The number of nitrogens with zero attached hydrogens (tertiary/aromatic N) is 3. The van der Waals surface area contributed by atoms with Crippen molar-refractivity contribution in [1.29, 1.82) is 0 Å². The van der Waals surface area contributed by atoms with Crippen molar-refractivity contribution in [2.75, 3.05) is 12.4 Å². The zero-order valence-corrected chi connectivity index (χ0v) is 12.3. The monoisotopic (exact) mass is 298 g/mol. The molecule has 3 aromatic rings. The van der Waals surface area contributed by atoms with Crippen LogP contribution in [0.4, 0.5) is 10.3 Å². The molecule has 6 heteroatoms. The molecule has 0 radical (unpaired) electrons. The Hall–Kier alpha value is -2.76. The molecule has 0 atom stereocenters. The molecule has 0 aliphatic heterocycles. The predicted octanol–water partition coefficient (Wildman–Crippen LogP) is 2.33. The summed E-state index contributed by atoms with van der Waals surface area (Å²) < 4.78 is 14.9. The van der Waals surface area contributed by atoms with Gasteiger partial charge < -0.3 is 5.32 Å². The molecule has 0 aliphatic rings. The van der Waals surface area contributed by atoms with Gasteiger partial charge in [0.15, 0.2) is 0 Å². The van der Waals surface area contributed by atoms with E-state index in [2.05, 4.69) is 15.3 Å². The van der Waals surface area contributed by atoms with E-state index in [9.17, 15) is 9.18 Å². The average Bonchev–Trinajstić information content (AvgIpc) is 2.51. The van der Waals surface area contributed by atoms with Crippen LogP contribution in [0.25, 0.3) is 11.0 Å². The van der Waals surface area contributed by atoms with E-state index in [1.54, 1.807) is 31.3 Å². The fourth-order valence-corrected chi connectivity index (χ4v) is 2.35. The standard InChI is InChI=1S/C16H15FN4O/c1-10-3-8-13-14(19-10)21(16(18-2)20-15(13)22)9-11-4-6-12(17)7-5-11/h3-8H,9H2,1-2H3,(H,18,20,22). The van der Waals surface area contributed by atoms with Crippen molar-refractivity contribution in [2.24, 2.45) is 0 Å². The van der Waals surface area contributed by atoms with E-state index >= 15 is 0 Å². The van der Waals surface area contributed by atoms with Crippen LogP contribution in [0.1, 0.15) is 11.3 Å². The third-order valence-electron chi connectivity index (χ3n) is 3.44. The van der Waals surface area contributed by atoms with Gasteiger partial charge in [0.05, 0.1) is 11.9 Å². The summed E-state index contributed by atoms with van der Waals surface area (Å²) in [6.45, 7) is 2.31. The molecule has 0 amide bonds. The van der Waals surface area contributed by atoms with Gasteiger partial charge in [0.25, 0.3) is 5.56 Å². The van der Waals surface area contributed by atoms with Crippen molar-refractivity contribution in [2.45, 2.75) is 13.5 Å². The Balaban J connectivity index is 2.21. The number of benzene rings is 1. The maximum absolute atomic E-state index is 13.0. The number of aryl methyl sites for hydroxylation is 1. The maximum Gasteiger partial charge on any atom is 0.283 e. The Morgan fingerprint density at radius 2 is 1.86 bits per heavy atom. The van der Waals surface area contributed by atoms with Gasteiger partial charge in [-0.25, -0.2) is 9.37 Å². The molecule has 0 bridgehead atoms. The van der Waals surface area contributed by atoms with Gasteiger partial charge in [-0.05, 0) is 36.8 Å². The molecule has 0 fully saturated rings. The summed E-state index contributed by atoms with van der Waals surface area (Å²) in [5.74, 6) is 0.148. The Morgan fingerprint density at radius 3 is 2.55 bits per heavy atom. The van der Waals surface area contributed by atoms with E-state index in [4.69, 9.17) is 0 Å². The first-order chi connectivity index (χ1) is 10.6. The zero-order valence-electron chi connectivity index (χ0n) is 12.3. The first kappa shape index (κ1) is 14.2. The molecule has 0 unspecified atom stereocenters. The maximum atomic E-state index is 13.0. The fourth-order valence-electron chi connectivity index (χ4n) is 2.35. The van der Waals surface area contributed by atoms with Crippen LogP contribution in [0.2, 0.25) is 0 Å². The van der Waals surface area contributed by atoms with Crippen LogP contribution in [0, 0.1) is 12.7 Å². The average molecular weight is 298 g/mol. The van der Waals surface area contributed by atoms with E-state index in [1.807, 2.05) is 11.5 Å². The van der Waals surface area contributed by atoms with Crippen molar-refractivity contribution < 1.29 is 4.39 Å². The lowest BCUT2D eigenvalue weighted by Gasteiger charge is -2.15. The minimum absolute atomic E-state index is 0.283. The normalized spacial score (nSPS) is 10.9. The highest BCUT2D eigenvalue weighted by atomic mass is 19.1. The van der Waals surface area contributed by atoms with Gasteiger partial charge in [-0.3, -0.25) is 9.36 Å². The molecule has 2 heterocycles. The van der Waals surface area contributed by atoms with Crippen LogP contribution in [0.5, 0.6) is 0 Å². The van der Waals surface area contributed by atoms with Gasteiger partial charge in [-0.2, -0.15) is 4.98 Å². The minimum atomic E-state index is -0.317. The number of nitrogens with one attached hydrogen (secondary N) is 1. The third-order valence-corrected chi connectivity index (χ3v) is 3.44. The molecular weight excluding hydrogens is 283 g/mol. The van der Waals surface area contributed by atoms with Gasteiger partial charge in [-0.15, -0.1) is 0 Å². The molecular formula is C16H15FN4O. The van der Waals surface area contributed by atoms with E-state index < -0.39 is 0 Å². The summed E-state index contributed by atoms with van der Waals surface area (Å²) in [5, 5.41) is 3.38. The summed E-state index contributed by atoms with van der Waals surface area (Å²) in [4.78, 5) is 20.6. The van der Waals surface area contributed by atoms with Crippen molar-refractivity contribution in [1.82, 2.24) is 14.5 Å². The second-order valence-corrected chi connectivity index (χ2v) is 5.03. The van der Waals surface area contributed by atoms with E-state index in [0.717, 1.165) is 11.3 Å². The van der Waals surface area contributed by atoms with Crippen LogP contribution in [0.3, 0.4) is 0 Å². The lowest BCUT2D eigenvalue weighted by atomic mass is 10.2. The van der Waals surface area contributed by atoms with Crippen LogP contribution < -0.4 is 10.9 Å². The molecule has 3 rings (SSSR count). The number of anilines is 1. The predicted molar refractivity (Wildman–Crippen MR) is 83.6 cm³/mol. The summed E-state index contributed by atoms with van der Waals surface area (Å²) in [7, 11) is 1.70. The van der Waals surface area contributed by atoms with Crippen LogP contribution in [0.15, 0.2) is 41.2 Å². The highest BCUT2D eigenvalue weighted by Crippen LogP contribution is 2.16. The van der Waals surface area contributed by atoms with Crippen molar-refractivity contribution in [3.8, 4) is 0 Å². The number of aromatic nitrogens is 3. The molecule has 0 spiro atoms. The van der Waals surface area contributed by atoms with Gasteiger partial charge in [-0.1, -0.05) is 12.1 Å². The van der Waals surface area contributed by atoms with E-state index in [1.165, 1.54) is 12.1 Å². The SMILES string of the molecule is CNc1nc(=O)c2ccc(C)nc2n1Cc1ccc(F)cc1. The summed E-state index contributed by atoms with van der Waals surface area (Å²) in [5.41, 5.74) is 1.96. The van der Waals surface area contributed by atoms with Crippen LogP contribution >= 0.6 is 0 Å². The summed E-state index contributed by atoms with van der Waals surface area (Å²) in [6.07, 6.45) is 0. The topological polar surface area (TPSA) is 59.8 Å². The highest BCUT2D eigenvalue weighted by molar-refractivity contribution is 5.75. The Kier molecular flexibility index (Phi) is 3.58. The largest absolute Gasteiger partial charge is 0.359 e. The van der Waals surface area contributed by atoms with Crippen LogP contribution in [-0.4, -0.2) is 21.6 Å². The number of hydrogen-bond acceptors (Lipinski definition) is 4. The zero-order chi connectivity index (χ0) is 15.7. The lowest BCUT2D eigenvalue weighted by Crippen LogP contribution is -2.19.